The van der Waals surface area contributed by atoms with Gasteiger partial charge in [0.25, 0.3) is 5.56 Å². The fourth-order valence-electron chi connectivity index (χ4n) is 1.77. The van der Waals surface area contributed by atoms with E-state index in [-0.39, 0.29) is 11.4 Å². The summed E-state index contributed by atoms with van der Waals surface area (Å²) < 4.78 is 0.548. The summed E-state index contributed by atoms with van der Waals surface area (Å²) in [5.41, 5.74) is -0.302. The minimum Gasteiger partial charge on any atom is -0.358 e. The van der Waals surface area contributed by atoms with E-state index >= 15 is 0 Å². The van der Waals surface area contributed by atoms with E-state index in [0.717, 1.165) is 25.9 Å². The summed E-state index contributed by atoms with van der Waals surface area (Å²) in [5.74, 6) is 0.186. The lowest BCUT2D eigenvalue weighted by Crippen LogP contribution is -2.47. The molecule has 0 bridgehead atoms. The Morgan fingerprint density at radius 2 is 2.44 bits per heavy atom. The molecule has 1 saturated heterocycles. The zero-order chi connectivity index (χ0) is 13.0. The number of H-pyrrole nitrogens is 1. The number of halogens is 1. The van der Waals surface area contributed by atoms with Crippen molar-refractivity contribution in [2.75, 3.05) is 18.4 Å². The summed E-state index contributed by atoms with van der Waals surface area (Å²) in [4.78, 5) is 18.1. The van der Waals surface area contributed by atoms with E-state index in [1.165, 1.54) is 6.20 Å². The fraction of sp³-hybridized carbons (Fsp3) is 0.500. The van der Waals surface area contributed by atoms with Crippen LogP contribution >= 0.6 is 28.1 Å². The Labute approximate surface area is 118 Å². The second-order valence-corrected chi connectivity index (χ2v) is 5.26. The van der Waals surface area contributed by atoms with Crippen molar-refractivity contribution < 1.29 is 0 Å². The molecule has 1 aromatic heterocycles. The standard InChI is InChI=1S/C10H14BrN5OS/c11-7-5-13-9(17)8(15-7)16-10(18)14-6-2-1-3-12-4-6/h5-6,12H,1-4H2,(H,13,17)(H2,14,15,16,18)/t6-/m1/s1. The van der Waals surface area contributed by atoms with Crippen LogP contribution in [0.1, 0.15) is 12.8 Å². The van der Waals surface area contributed by atoms with Crippen LogP contribution in [0.4, 0.5) is 5.82 Å². The molecule has 2 rings (SSSR count). The molecule has 1 fully saturated rings. The first kappa shape index (κ1) is 13.4. The molecule has 0 saturated carbocycles. The summed E-state index contributed by atoms with van der Waals surface area (Å²) in [6.45, 7) is 1.93. The molecule has 0 aliphatic carbocycles. The van der Waals surface area contributed by atoms with E-state index in [0.29, 0.717) is 15.8 Å². The third-order valence-corrected chi connectivity index (χ3v) is 3.25. The summed E-state index contributed by atoms with van der Waals surface area (Å²) in [6, 6.07) is 0.296. The van der Waals surface area contributed by atoms with Crippen molar-refractivity contribution in [2.24, 2.45) is 0 Å². The van der Waals surface area contributed by atoms with Crippen molar-refractivity contribution in [3.63, 3.8) is 0 Å². The highest BCUT2D eigenvalue weighted by Gasteiger charge is 2.14. The van der Waals surface area contributed by atoms with Crippen molar-refractivity contribution in [2.45, 2.75) is 18.9 Å². The predicted octanol–water partition coefficient (Wildman–Crippen LogP) is 0.571. The Hall–Kier alpha value is -0.990. The molecule has 0 spiro atoms. The van der Waals surface area contributed by atoms with E-state index in [4.69, 9.17) is 12.2 Å². The van der Waals surface area contributed by atoms with E-state index < -0.39 is 0 Å². The Balaban J connectivity index is 1.94. The number of aromatic amines is 1. The average molecular weight is 332 g/mol. The number of nitrogens with zero attached hydrogens (tertiary/aromatic N) is 1. The molecule has 8 heteroatoms. The van der Waals surface area contributed by atoms with Gasteiger partial charge >= 0.3 is 0 Å². The molecule has 1 aliphatic heterocycles. The van der Waals surface area contributed by atoms with Gasteiger partial charge in [-0.2, -0.15) is 0 Å². The largest absolute Gasteiger partial charge is 0.358 e. The zero-order valence-corrected chi connectivity index (χ0v) is 12.0. The molecule has 0 amide bonds. The molecule has 0 unspecified atom stereocenters. The Bertz CT molecular complexity index is 485. The van der Waals surface area contributed by atoms with Crippen LogP contribution in [0.3, 0.4) is 0 Å². The van der Waals surface area contributed by atoms with Crippen molar-refractivity contribution in [3.8, 4) is 0 Å². The van der Waals surface area contributed by atoms with Gasteiger partial charge in [0.05, 0.1) is 0 Å². The number of piperidine rings is 1. The molecular weight excluding hydrogens is 318 g/mol. The first-order chi connectivity index (χ1) is 8.65. The highest BCUT2D eigenvalue weighted by molar-refractivity contribution is 9.10. The molecule has 98 valence electrons. The minimum atomic E-state index is -0.302. The van der Waals surface area contributed by atoms with Gasteiger partial charge in [0.2, 0.25) is 0 Å². The third kappa shape index (κ3) is 3.76. The van der Waals surface area contributed by atoms with Gasteiger partial charge in [-0.25, -0.2) is 4.98 Å². The van der Waals surface area contributed by atoms with Crippen LogP contribution in [0.2, 0.25) is 0 Å². The van der Waals surface area contributed by atoms with E-state index in [1.54, 1.807) is 0 Å². The maximum atomic E-state index is 11.5. The number of hydrogen-bond donors (Lipinski definition) is 4. The fourth-order valence-corrected chi connectivity index (χ4v) is 2.33. The van der Waals surface area contributed by atoms with Gasteiger partial charge in [0.1, 0.15) is 4.60 Å². The van der Waals surface area contributed by atoms with E-state index in [9.17, 15) is 4.79 Å². The second kappa shape index (κ2) is 6.26. The molecule has 0 aromatic carbocycles. The number of hydrogen-bond acceptors (Lipinski definition) is 4. The first-order valence-electron chi connectivity index (χ1n) is 5.68. The van der Waals surface area contributed by atoms with Gasteiger partial charge in [0.15, 0.2) is 10.9 Å². The monoisotopic (exact) mass is 331 g/mol. The zero-order valence-electron chi connectivity index (χ0n) is 9.62. The maximum Gasteiger partial charge on any atom is 0.291 e. The maximum absolute atomic E-state index is 11.5. The van der Waals surface area contributed by atoms with Crippen LogP contribution in [0, 0.1) is 0 Å². The van der Waals surface area contributed by atoms with Crippen molar-refractivity contribution in [1.29, 1.82) is 0 Å². The molecule has 1 aromatic rings. The van der Waals surface area contributed by atoms with Crippen LogP contribution in [0.15, 0.2) is 15.6 Å². The Morgan fingerprint density at radius 1 is 1.61 bits per heavy atom. The van der Waals surface area contributed by atoms with E-state index in [2.05, 4.69) is 41.8 Å². The minimum absolute atomic E-state index is 0.186. The highest BCUT2D eigenvalue weighted by atomic mass is 79.9. The first-order valence-corrected chi connectivity index (χ1v) is 6.89. The van der Waals surface area contributed by atoms with Gasteiger partial charge in [-0.15, -0.1) is 0 Å². The quantitative estimate of drug-likeness (QED) is 0.593. The summed E-state index contributed by atoms with van der Waals surface area (Å²) in [6.07, 6.45) is 3.67. The Morgan fingerprint density at radius 3 is 3.17 bits per heavy atom. The normalized spacial score (nSPS) is 19.3. The average Bonchev–Trinajstić information content (AvgIpc) is 2.35. The summed E-state index contributed by atoms with van der Waals surface area (Å²) >= 11 is 8.35. The smallest absolute Gasteiger partial charge is 0.291 e. The second-order valence-electron chi connectivity index (χ2n) is 4.04. The van der Waals surface area contributed by atoms with Gasteiger partial charge < -0.3 is 20.9 Å². The molecule has 0 radical (unpaired) electrons. The number of aromatic nitrogens is 2. The number of nitrogens with one attached hydrogen (secondary N) is 4. The van der Waals surface area contributed by atoms with Gasteiger partial charge in [0, 0.05) is 18.8 Å². The summed E-state index contributed by atoms with van der Waals surface area (Å²) in [5, 5.41) is 9.67. The van der Waals surface area contributed by atoms with Crippen LogP contribution in [-0.4, -0.2) is 34.2 Å². The van der Waals surface area contributed by atoms with Gasteiger partial charge in [-0.3, -0.25) is 4.79 Å². The molecule has 1 atom stereocenters. The molecule has 18 heavy (non-hydrogen) atoms. The predicted molar refractivity (Wildman–Crippen MR) is 77.8 cm³/mol. The van der Waals surface area contributed by atoms with Crippen LogP contribution in [-0.2, 0) is 0 Å². The molecule has 6 nitrogen and oxygen atoms in total. The van der Waals surface area contributed by atoms with Gasteiger partial charge in [-0.05, 0) is 47.5 Å². The lowest BCUT2D eigenvalue weighted by Gasteiger charge is -2.24. The topological polar surface area (TPSA) is 81.8 Å². The number of rotatable bonds is 2. The van der Waals surface area contributed by atoms with Crippen LogP contribution in [0.25, 0.3) is 0 Å². The lowest BCUT2D eigenvalue weighted by molar-refractivity contribution is 0.432. The summed E-state index contributed by atoms with van der Waals surface area (Å²) in [7, 11) is 0. The van der Waals surface area contributed by atoms with Crippen LogP contribution in [0.5, 0.6) is 0 Å². The van der Waals surface area contributed by atoms with Crippen molar-refractivity contribution in [1.82, 2.24) is 20.6 Å². The molecule has 2 heterocycles. The SMILES string of the molecule is O=c1[nH]cc(Br)nc1NC(=S)N[C@@H]1CCCNC1. The molecular formula is C10H14BrN5OS. The highest BCUT2D eigenvalue weighted by Crippen LogP contribution is 2.05. The van der Waals surface area contributed by atoms with Crippen molar-refractivity contribution in [3.05, 3.63) is 21.2 Å². The molecule has 1 aliphatic rings. The third-order valence-electron chi connectivity index (χ3n) is 2.62. The van der Waals surface area contributed by atoms with Crippen LogP contribution < -0.4 is 21.5 Å². The molecule has 4 N–H and O–H groups in total. The van der Waals surface area contributed by atoms with Gasteiger partial charge in [-0.1, -0.05) is 0 Å². The Kier molecular flexibility index (Phi) is 4.67. The van der Waals surface area contributed by atoms with Crippen molar-refractivity contribution >= 4 is 39.1 Å². The number of thiocarbonyl (C=S) groups is 1. The van der Waals surface area contributed by atoms with E-state index in [1.807, 2.05) is 0 Å². The number of anilines is 1. The lowest BCUT2D eigenvalue weighted by atomic mass is 10.1.